The summed E-state index contributed by atoms with van der Waals surface area (Å²) in [6, 6.07) is 17.8. The Kier molecular flexibility index (Phi) is 55.5. The van der Waals surface area contributed by atoms with E-state index in [0.717, 1.165) is 37.1 Å². The average Bonchev–Trinajstić information content (AvgIpc) is 3.44. The summed E-state index contributed by atoms with van der Waals surface area (Å²) in [5.41, 5.74) is 6.99. The third-order valence-corrected chi connectivity index (χ3v) is 16.3. The van der Waals surface area contributed by atoms with Crippen LogP contribution in [0.3, 0.4) is 0 Å². The minimum atomic E-state index is 0. The van der Waals surface area contributed by atoms with Crippen molar-refractivity contribution >= 4 is 35.0 Å². The zero-order chi connectivity index (χ0) is 54.1. The fourth-order valence-electron chi connectivity index (χ4n) is 11.1. The van der Waals surface area contributed by atoms with Crippen molar-refractivity contribution < 1.29 is 20.4 Å². The largest absolute Gasteiger partial charge is 0.252 e. The fraction of sp³-hybridized carbons (Fsp3) is 0.757. The second-order valence-electron chi connectivity index (χ2n) is 23.7. The van der Waals surface area contributed by atoms with E-state index in [1.807, 2.05) is 0 Å². The standard InChI is InChI=1S/C74H128N2.Pd/c1-5-9-13-16-18-20-22-24-26-28-30-32-34-36-38-40-42-44-46-48-50-52-54-57-69-61-65-71(66-62-69)75-73(59-12-8-4)74(60-56-15-11-7-3)76-72-67-63-70(64-68-72)58-55-53-51-49-47-45-43-41-39-37-35-33-31-29-27-25-23-21-19-17-14-10-6-2;/h54-55,57-58,61-68H,5-53,56,59-60H2,1-4H3;. The summed E-state index contributed by atoms with van der Waals surface area (Å²) in [5, 5.41) is 0. The smallest absolute Gasteiger partial charge is 0.0634 e. The van der Waals surface area contributed by atoms with Crippen molar-refractivity contribution in [3.05, 3.63) is 71.8 Å². The quantitative estimate of drug-likeness (QED) is 0.0358. The van der Waals surface area contributed by atoms with Crippen LogP contribution in [0.15, 0.2) is 70.7 Å². The van der Waals surface area contributed by atoms with Crippen LogP contribution in [-0.2, 0) is 20.4 Å². The van der Waals surface area contributed by atoms with Gasteiger partial charge >= 0.3 is 0 Å². The average molecular weight is 1150 g/mol. The Labute approximate surface area is 495 Å². The number of rotatable bonds is 57. The molecule has 0 aliphatic rings. The Morgan fingerprint density at radius 2 is 0.468 bits per heavy atom. The van der Waals surface area contributed by atoms with Gasteiger partial charge in [-0.3, -0.25) is 9.98 Å². The van der Waals surface area contributed by atoms with Crippen molar-refractivity contribution in [2.75, 3.05) is 0 Å². The van der Waals surface area contributed by atoms with Crippen LogP contribution in [0.2, 0.25) is 0 Å². The maximum atomic E-state index is 5.33. The van der Waals surface area contributed by atoms with Crippen molar-refractivity contribution in [3.63, 3.8) is 0 Å². The fourth-order valence-corrected chi connectivity index (χ4v) is 11.1. The number of hydrogen-bond acceptors (Lipinski definition) is 2. The third kappa shape index (κ3) is 47.3. The number of benzene rings is 2. The summed E-state index contributed by atoms with van der Waals surface area (Å²) in [6.45, 7) is 9.20. The Morgan fingerprint density at radius 1 is 0.260 bits per heavy atom. The van der Waals surface area contributed by atoms with Crippen LogP contribution in [0, 0.1) is 0 Å². The molecule has 0 N–H and O–H groups in total. The molecule has 0 saturated carbocycles. The first-order valence-corrected chi connectivity index (χ1v) is 34.4. The van der Waals surface area contributed by atoms with Crippen molar-refractivity contribution in [2.24, 2.45) is 9.98 Å². The van der Waals surface area contributed by atoms with E-state index in [9.17, 15) is 0 Å². The molecule has 0 heterocycles. The molecule has 2 rings (SSSR count). The SMILES string of the molecule is CCCCCCCCCCCCCCCCCCCCCCCC=Cc1ccc(N=C(CCCC)C(CCCCCC)=Nc2ccc(C=CCCCCCCCCCCCCCCCCCCCCCCC)cc2)cc1.[Pd]. The zero-order valence-corrected chi connectivity index (χ0v) is 53.5. The molecule has 0 fully saturated rings. The van der Waals surface area contributed by atoms with Gasteiger partial charge in [-0.15, -0.1) is 0 Å². The molecule has 0 atom stereocenters. The molecule has 77 heavy (non-hydrogen) atoms. The molecule has 2 aromatic carbocycles. The van der Waals surface area contributed by atoms with E-state index in [1.54, 1.807) is 0 Å². The van der Waals surface area contributed by atoms with Crippen LogP contribution in [0.1, 0.15) is 373 Å². The molecule has 444 valence electrons. The van der Waals surface area contributed by atoms with Gasteiger partial charge in [0.2, 0.25) is 0 Å². The monoisotopic (exact) mass is 1150 g/mol. The van der Waals surface area contributed by atoms with Crippen LogP contribution in [0.4, 0.5) is 11.4 Å². The maximum absolute atomic E-state index is 5.33. The van der Waals surface area contributed by atoms with Gasteiger partial charge in [0, 0.05) is 20.4 Å². The van der Waals surface area contributed by atoms with Crippen LogP contribution in [-0.4, -0.2) is 11.4 Å². The predicted molar refractivity (Wildman–Crippen MR) is 348 cm³/mol. The first-order chi connectivity index (χ1) is 37.7. The van der Waals surface area contributed by atoms with E-state index >= 15 is 0 Å². The van der Waals surface area contributed by atoms with E-state index in [4.69, 9.17) is 9.98 Å². The number of aliphatic imine (C=N–C) groups is 2. The van der Waals surface area contributed by atoms with E-state index in [2.05, 4.69) is 101 Å². The van der Waals surface area contributed by atoms with Gasteiger partial charge in [-0.1, -0.05) is 359 Å². The molecule has 0 aliphatic heterocycles. The third-order valence-electron chi connectivity index (χ3n) is 16.3. The Hall–Kier alpha value is -2.08. The molecule has 0 unspecified atom stereocenters. The molecule has 0 spiro atoms. The molecule has 0 saturated heterocycles. The van der Waals surface area contributed by atoms with Gasteiger partial charge < -0.3 is 0 Å². The van der Waals surface area contributed by atoms with E-state index < -0.39 is 0 Å². The molecule has 0 radical (unpaired) electrons. The molecule has 0 amide bonds. The number of unbranched alkanes of at least 4 members (excludes halogenated alkanes) is 46. The number of allylic oxidation sites excluding steroid dienone is 2. The Morgan fingerprint density at radius 3 is 0.714 bits per heavy atom. The van der Waals surface area contributed by atoms with Gasteiger partial charge in [0.25, 0.3) is 0 Å². The summed E-state index contributed by atoms with van der Waals surface area (Å²) >= 11 is 0. The maximum Gasteiger partial charge on any atom is 0.0634 e. The van der Waals surface area contributed by atoms with Crippen LogP contribution in [0.25, 0.3) is 12.2 Å². The van der Waals surface area contributed by atoms with Gasteiger partial charge in [0.1, 0.15) is 0 Å². The summed E-state index contributed by atoms with van der Waals surface area (Å²) in [6.07, 6.45) is 81.3. The molecule has 3 heteroatoms. The van der Waals surface area contributed by atoms with Crippen molar-refractivity contribution in [1.82, 2.24) is 0 Å². The topological polar surface area (TPSA) is 24.7 Å². The number of hydrogen-bond donors (Lipinski definition) is 0. The van der Waals surface area contributed by atoms with E-state index in [1.165, 1.54) is 331 Å². The van der Waals surface area contributed by atoms with Crippen molar-refractivity contribution in [1.29, 1.82) is 0 Å². The normalized spacial score (nSPS) is 12.2. The van der Waals surface area contributed by atoms with Gasteiger partial charge in [0.15, 0.2) is 0 Å². The van der Waals surface area contributed by atoms with E-state index in [0.29, 0.717) is 0 Å². The van der Waals surface area contributed by atoms with E-state index in [-0.39, 0.29) is 20.4 Å². The van der Waals surface area contributed by atoms with Crippen molar-refractivity contribution in [2.45, 2.75) is 362 Å². The first-order valence-electron chi connectivity index (χ1n) is 34.4. The second-order valence-corrected chi connectivity index (χ2v) is 23.7. The van der Waals surface area contributed by atoms with Gasteiger partial charge in [-0.05, 0) is 86.8 Å². The minimum Gasteiger partial charge on any atom is -0.252 e. The summed E-state index contributed by atoms with van der Waals surface area (Å²) in [7, 11) is 0. The second kappa shape index (κ2) is 58.6. The molecule has 0 aliphatic carbocycles. The molecule has 2 nitrogen and oxygen atoms in total. The molecular weight excluding hydrogens is 1020 g/mol. The number of nitrogens with zero attached hydrogens (tertiary/aromatic N) is 2. The predicted octanol–water partition coefficient (Wildman–Crippen LogP) is 26.9. The minimum absolute atomic E-state index is 0. The Bertz CT molecular complexity index is 1620. The summed E-state index contributed by atoms with van der Waals surface area (Å²) in [4.78, 5) is 10.6. The zero-order valence-electron chi connectivity index (χ0n) is 51.9. The van der Waals surface area contributed by atoms with Gasteiger partial charge in [0.05, 0.1) is 22.8 Å². The molecular formula is C74H128N2Pd. The molecule has 0 aromatic heterocycles. The van der Waals surface area contributed by atoms with Crippen LogP contribution >= 0.6 is 0 Å². The van der Waals surface area contributed by atoms with Gasteiger partial charge in [-0.25, -0.2) is 0 Å². The molecule has 2 aromatic rings. The summed E-state index contributed by atoms with van der Waals surface area (Å²) in [5.74, 6) is 0. The Balaban J connectivity index is 0.0000296. The summed E-state index contributed by atoms with van der Waals surface area (Å²) < 4.78 is 0. The van der Waals surface area contributed by atoms with Crippen LogP contribution < -0.4 is 0 Å². The van der Waals surface area contributed by atoms with Gasteiger partial charge in [-0.2, -0.15) is 0 Å². The molecule has 0 bridgehead atoms. The van der Waals surface area contributed by atoms with Crippen molar-refractivity contribution in [3.8, 4) is 0 Å². The van der Waals surface area contributed by atoms with Crippen LogP contribution in [0.5, 0.6) is 0 Å². The first kappa shape index (κ1) is 72.9.